The summed E-state index contributed by atoms with van der Waals surface area (Å²) in [5.41, 5.74) is 0. The molecule has 0 aromatic carbocycles. The zero-order chi connectivity index (χ0) is 47.4. The Labute approximate surface area is 404 Å². The number of carbonyl (C=O) groups excluding carboxylic acids is 2. The van der Waals surface area contributed by atoms with E-state index in [-0.39, 0.29) is 24.9 Å². The molecule has 0 radical (unpaired) electrons. The highest BCUT2D eigenvalue weighted by atomic mass is 16.5. The smallest absolute Gasteiger partial charge is 0.306 e. The van der Waals surface area contributed by atoms with Gasteiger partial charge in [0.2, 0.25) is 5.91 Å². The third kappa shape index (κ3) is 48.1. The average Bonchev–Trinajstić information content (AvgIpc) is 3.30. The molecule has 0 fully saturated rings. The molecule has 0 bridgehead atoms. The second-order valence-electron chi connectivity index (χ2n) is 19.3. The van der Waals surface area contributed by atoms with E-state index in [1.807, 2.05) is 0 Å². The molecule has 0 rings (SSSR count). The van der Waals surface area contributed by atoms with Gasteiger partial charge in [-0.05, 0) is 83.5 Å². The number of esters is 1. The molecule has 0 aliphatic rings. The minimum Gasteiger partial charge on any atom is -0.462 e. The minimum absolute atomic E-state index is 0.0523. The SMILES string of the molecule is CCCCC/C=C\C/C=C\C/C=C\CCCCCCCCC(=O)OC(CCC/C=C\CCCCCCCC)CC(=O)NC(CO)C(O)CCCCCCCCCCCCCCCCCC. The van der Waals surface area contributed by atoms with Crippen LogP contribution < -0.4 is 5.32 Å². The number of ether oxygens (including phenoxy) is 1. The van der Waals surface area contributed by atoms with E-state index >= 15 is 0 Å². The molecule has 6 nitrogen and oxygen atoms in total. The standard InChI is InChI=1S/C59H109NO5/c1-4-7-10-13-16-19-22-24-26-28-29-30-32-34-37-40-43-46-49-52-59(64)65-55(50-47-44-41-38-35-21-18-15-12-9-6-3)53-58(63)60-56(54-61)57(62)51-48-45-42-39-36-33-31-27-25-23-20-17-14-11-8-5-2/h16,19,24,26,29-30,38,41,55-57,61-62H,4-15,17-18,20-23,25,27-28,31-37,39-40,42-54H2,1-3H3,(H,60,63)/b19-16-,26-24-,30-29-,41-38-. The van der Waals surface area contributed by atoms with Crippen LogP contribution >= 0.6 is 0 Å². The Kier molecular flexibility index (Phi) is 51.0. The zero-order valence-corrected chi connectivity index (χ0v) is 43.4. The highest BCUT2D eigenvalue weighted by Gasteiger charge is 2.24. The summed E-state index contributed by atoms with van der Waals surface area (Å²) in [7, 11) is 0. The van der Waals surface area contributed by atoms with Crippen LogP contribution in [0.25, 0.3) is 0 Å². The van der Waals surface area contributed by atoms with E-state index in [9.17, 15) is 19.8 Å². The fourth-order valence-corrected chi connectivity index (χ4v) is 8.56. The summed E-state index contributed by atoms with van der Waals surface area (Å²) >= 11 is 0. The summed E-state index contributed by atoms with van der Waals surface area (Å²) < 4.78 is 5.92. The number of rotatable bonds is 51. The summed E-state index contributed by atoms with van der Waals surface area (Å²) in [4.78, 5) is 26.2. The Morgan fingerprint density at radius 2 is 0.800 bits per heavy atom. The van der Waals surface area contributed by atoms with Gasteiger partial charge >= 0.3 is 5.97 Å². The van der Waals surface area contributed by atoms with Crippen molar-refractivity contribution in [1.29, 1.82) is 0 Å². The van der Waals surface area contributed by atoms with Gasteiger partial charge in [-0.1, -0.05) is 243 Å². The molecule has 65 heavy (non-hydrogen) atoms. The van der Waals surface area contributed by atoms with Gasteiger partial charge < -0.3 is 20.3 Å². The molecule has 6 heteroatoms. The number of allylic oxidation sites excluding steroid dienone is 8. The van der Waals surface area contributed by atoms with Crippen molar-refractivity contribution >= 4 is 11.9 Å². The monoisotopic (exact) mass is 912 g/mol. The van der Waals surface area contributed by atoms with Crippen LogP contribution in [-0.2, 0) is 14.3 Å². The van der Waals surface area contributed by atoms with Crippen LogP contribution in [-0.4, -0.2) is 46.9 Å². The molecule has 0 aromatic rings. The highest BCUT2D eigenvalue weighted by Crippen LogP contribution is 2.18. The Morgan fingerprint density at radius 1 is 0.446 bits per heavy atom. The first kappa shape index (κ1) is 62.8. The number of hydrogen-bond acceptors (Lipinski definition) is 5. The molecule has 0 heterocycles. The Hall–Kier alpha value is -2.18. The largest absolute Gasteiger partial charge is 0.462 e. The number of amides is 1. The third-order valence-electron chi connectivity index (χ3n) is 12.9. The summed E-state index contributed by atoms with van der Waals surface area (Å²) in [6.07, 6.45) is 64.6. The van der Waals surface area contributed by atoms with E-state index in [0.29, 0.717) is 19.3 Å². The lowest BCUT2D eigenvalue weighted by molar-refractivity contribution is -0.151. The third-order valence-corrected chi connectivity index (χ3v) is 12.9. The van der Waals surface area contributed by atoms with Gasteiger partial charge in [0, 0.05) is 6.42 Å². The van der Waals surface area contributed by atoms with Gasteiger partial charge in [0.1, 0.15) is 6.10 Å². The maximum Gasteiger partial charge on any atom is 0.306 e. The van der Waals surface area contributed by atoms with Crippen molar-refractivity contribution in [3.63, 3.8) is 0 Å². The average molecular weight is 913 g/mol. The minimum atomic E-state index is -0.797. The number of unbranched alkanes of at least 4 members (excludes halogenated alkanes) is 31. The number of hydrogen-bond donors (Lipinski definition) is 3. The van der Waals surface area contributed by atoms with Crippen molar-refractivity contribution in [2.75, 3.05) is 6.61 Å². The van der Waals surface area contributed by atoms with Gasteiger partial charge in [-0.2, -0.15) is 0 Å². The predicted octanol–water partition coefficient (Wildman–Crippen LogP) is 17.4. The fraction of sp³-hybridized carbons (Fsp3) is 0.831. The molecule has 380 valence electrons. The van der Waals surface area contributed by atoms with Crippen LogP contribution in [0.5, 0.6) is 0 Å². The van der Waals surface area contributed by atoms with Gasteiger partial charge in [0.15, 0.2) is 0 Å². The van der Waals surface area contributed by atoms with Crippen LogP contribution in [0, 0.1) is 0 Å². The van der Waals surface area contributed by atoms with E-state index in [1.165, 1.54) is 167 Å². The fourth-order valence-electron chi connectivity index (χ4n) is 8.56. The van der Waals surface area contributed by atoms with Crippen molar-refractivity contribution in [1.82, 2.24) is 5.32 Å². The van der Waals surface area contributed by atoms with Crippen molar-refractivity contribution in [3.8, 4) is 0 Å². The quantitative estimate of drug-likeness (QED) is 0.0321. The van der Waals surface area contributed by atoms with Crippen LogP contribution in [0.4, 0.5) is 0 Å². The number of aliphatic hydroxyl groups excluding tert-OH is 2. The molecule has 0 saturated heterocycles. The highest BCUT2D eigenvalue weighted by molar-refractivity contribution is 5.77. The van der Waals surface area contributed by atoms with Gasteiger partial charge in [-0.3, -0.25) is 9.59 Å². The van der Waals surface area contributed by atoms with Crippen LogP contribution in [0.15, 0.2) is 48.6 Å². The van der Waals surface area contributed by atoms with Gasteiger partial charge in [0.05, 0.1) is 25.2 Å². The topological polar surface area (TPSA) is 95.9 Å². The zero-order valence-electron chi connectivity index (χ0n) is 43.4. The molecule has 0 aliphatic carbocycles. The van der Waals surface area contributed by atoms with E-state index in [4.69, 9.17) is 4.74 Å². The van der Waals surface area contributed by atoms with Crippen molar-refractivity contribution in [3.05, 3.63) is 48.6 Å². The second-order valence-corrected chi connectivity index (χ2v) is 19.3. The molecular weight excluding hydrogens is 803 g/mol. The van der Waals surface area contributed by atoms with Gasteiger partial charge in [-0.25, -0.2) is 0 Å². The lowest BCUT2D eigenvalue weighted by Crippen LogP contribution is -2.46. The summed E-state index contributed by atoms with van der Waals surface area (Å²) in [5, 5.41) is 23.8. The van der Waals surface area contributed by atoms with Crippen molar-refractivity contribution < 1.29 is 24.5 Å². The van der Waals surface area contributed by atoms with Gasteiger partial charge in [-0.15, -0.1) is 0 Å². The van der Waals surface area contributed by atoms with Crippen LogP contribution in [0.3, 0.4) is 0 Å². The van der Waals surface area contributed by atoms with E-state index in [0.717, 1.165) is 77.0 Å². The molecule has 0 aliphatic heterocycles. The molecular formula is C59H109NO5. The Bertz CT molecular complexity index is 1110. The van der Waals surface area contributed by atoms with E-state index in [1.54, 1.807) is 0 Å². The normalized spacial score (nSPS) is 13.5. The molecule has 3 atom stereocenters. The lowest BCUT2D eigenvalue weighted by Gasteiger charge is -2.24. The maximum atomic E-state index is 13.2. The van der Waals surface area contributed by atoms with Gasteiger partial charge in [0.25, 0.3) is 0 Å². The maximum absolute atomic E-state index is 13.2. The van der Waals surface area contributed by atoms with Crippen molar-refractivity contribution in [2.45, 2.75) is 309 Å². The first-order valence-electron chi connectivity index (χ1n) is 28.4. The first-order chi connectivity index (χ1) is 32.0. The predicted molar refractivity (Wildman–Crippen MR) is 282 cm³/mol. The number of nitrogens with one attached hydrogen (secondary N) is 1. The summed E-state index contributed by atoms with van der Waals surface area (Å²) in [5.74, 6) is -0.510. The molecule has 3 N–H and O–H groups in total. The molecule has 0 saturated carbocycles. The molecule has 0 spiro atoms. The van der Waals surface area contributed by atoms with Crippen LogP contribution in [0.2, 0.25) is 0 Å². The Balaban J connectivity index is 4.50. The Morgan fingerprint density at radius 3 is 1.26 bits per heavy atom. The second kappa shape index (κ2) is 52.8. The molecule has 0 aromatic heterocycles. The number of aliphatic hydroxyl groups is 2. The van der Waals surface area contributed by atoms with E-state index < -0.39 is 18.2 Å². The number of carbonyl (C=O) groups is 2. The van der Waals surface area contributed by atoms with E-state index in [2.05, 4.69) is 74.7 Å². The first-order valence-corrected chi connectivity index (χ1v) is 28.4. The molecule has 3 unspecified atom stereocenters. The molecule has 1 amide bonds. The lowest BCUT2D eigenvalue weighted by atomic mass is 10.0. The van der Waals surface area contributed by atoms with Crippen LogP contribution in [0.1, 0.15) is 290 Å². The summed E-state index contributed by atoms with van der Waals surface area (Å²) in [6, 6.07) is -0.712. The van der Waals surface area contributed by atoms with Crippen molar-refractivity contribution in [2.24, 2.45) is 0 Å². The summed E-state index contributed by atoms with van der Waals surface area (Å²) in [6.45, 7) is 6.46.